The van der Waals surface area contributed by atoms with Crippen molar-refractivity contribution in [2.75, 3.05) is 5.75 Å². The Kier molecular flexibility index (Phi) is 6.66. The third-order valence-corrected chi connectivity index (χ3v) is 5.41. The molecule has 28 heavy (non-hydrogen) atoms. The van der Waals surface area contributed by atoms with Crippen LogP contribution in [0.3, 0.4) is 0 Å². The minimum Gasteiger partial charge on any atom is -0.485 e. The minimum atomic E-state index is 0.0620. The van der Waals surface area contributed by atoms with E-state index in [-0.39, 0.29) is 5.78 Å². The first-order valence-electron chi connectivity index (χ1n) is 9.03. The summed E-state index contributed by atoms with van der Waals surface area (Å²) in [5.41, 5.74) is 2.99. The van der Waals surface area contributed by atoms with Crippen molar-refractivity contribution >= 4 is 17.5 Å². The Morgan fingerprint density at radius 3 is 2.68 bits per heavy atom. The van der Waals surface area contributed by atoms with Crippen molar-refractivity contribution in [2.24, 2.45) is 0 Å². The molecule has 0 N–H and O–H groups in total. The molecule has 0 unspecified atom stereocenters. The molecule has 5 nitrogen and oxygen atoms in total. The molecule has 1 heterocycles. The first-order valence-corrected chi connectivity index (χ1v) is 10.0. The Balaban J connectivity index is 1.70. The Hall–Kier alpha value is -2.86. The SMILES string of the molecule is C=CCn1c(COc2cccc(C)c2C)nnc1SCC(=O)c1ccccc1. The smallest absolute Gasteiger partial charge is 0.192 e. The van der Waals surface area contributed by atoms with Crippen molar-refractivity contribution in [1.82, 2.24) is 14.8 Å². The summed E-state index contributed by atoms with van der Waals surface area (Å²) in [4.78, 5) is 12.4. The third kappa shape index (κ3) is 4.70. The molecule has 0 bridgehead atoms. The standard InChI is InChI=1S/C22H23N3O2S/c1-4-13-25-21(14-27-20-12-8-9-16(2)17(20)3)23-24-22(25)28-15-19(26)18-10-6-5-7-11-18/h4-12H,1,13-15H2,2-3H3. The zero-order valence-electron chi connectivity index (χ0n) is 16.1. The number of aromatic nitrogens is 3. The maximum atomic E-state index is 12.4. The second-order valence-electron chi connectivity index (χ2n) is 6.36. The second kappa shape index (κ2) is 9.37. The molecule has 0 saturated carbocycles. The van der Waals surface area contributed by atoms with Gasteiger partial charge in [0, 0.05) is 12.1 Å². The van der Waals surface area contributed by atoms with Crippen molar-refractivity contribution in [2.45, 2.75) is 32.2 Å². The number of hydrogen-bond acceptors (Lipinski definition) is 5. The van der Waals surface area contributed by atoms with Gasteiger partial charge >= 0.3 is 0 Å². The van der Waals surface area contributed by atoms with E-state index in [0.717, 1.165) is 11.3 Å². The molecule has 0 aliphatic heterocycles. The average molecular weight is 394 g/mol. The summed E-state index contributed by atoms with van der Waals surface area (Å²) < 4.78 is 7.90. The van der Waals surface area contributed by atoms with Crippen LogP contribution in [-0.2, 0) is 13.2 Å². The van der Waals surface area contributed by atoms with E-state index in [1.165, 1.54) is 17.3 Å². The molecule has 3 rings (SSSR count). The summed E-state index contributed by atoms with van der Waals surface area (Å²) in [6, 6.07) is 15.2. The molecule has 0 aliphatic rings. The highest BCUT2D eigenvalue weighted by atomic mass is 32.2. The number of rotatable bonds is 9. The molecule has 0 fully saturated rings. The summed E-state index contributed by atoms with van der Waals surface area (Å²) >= 11 is 1.37. The van der Waals surface area contributed by atoms with Crippen LogP contribution in [0.4, 0.5) is 0 Å². The van der Waals surface area contributed by atoms with Crippen LogP contribution >= 0.6 is 11.8 Å². The number of aryl methyl sites for hydroxylation is 1. The van der Waals surface area contributed by atoms with Crippen LogP contribution in [-0.4, -0.2) is 26.3 Å². The van der Waals surface area contributed by atoms with Crippen LogP contribution in [0.2, 0.25) is 0 Å². The number of allylic oxidation sites excluding steroid dienone is 1. The first-order chi connectivity index (χ1) is 13.6. The van der Waals surface area contributed by atoms with Gasteiger partial charge in [0.2, 0.25) is 0 Å². The number of carbonyl (C=O) groups excluding carboxylic acids is 1. The van der Waals surface area contributed by atoms with Gasteiger partial charge in [-0.05, 0) is 31.0 Å². The summed E-state index contributed by atoms with van der Waals surface area (Å²) in [7, 11) is 0. The number of Topliss-reactive ketones (excluding diaryl/α,β-unsaturated/α-hetero) is 1. The van der Waals surface area contributed by atoms with E-state index in [1.807, 2.05) is 54.0 Å². The number of benzene rings is 2. The van der Waals surface area contributed by atoms with E-state index in [4.69, 9.17) is 4.74 Å². The molecule has 6 heteroatoms. The number of carbonyl (C=O) groups is 1. The quantitative estimate of drug-likeness (QED) is 0.301. The van der Waals surface area contributed by atoms with Gasteiger partial charge in [-0.2, -0.15) is 0 Å². The Morgan fingerprint density at radius 1 is 1.14 bits per heavy atom. The number of nitrogens with zero attached hydrogens (tertiary/aromatic N) is 3. The van der Waals surface area contributed by atoms with Gasteiger partial charge in [0.25, 0.3) is 0 Å². The predicted octanol–water partition coefficient (Wildman–Crippen LogP) is 4.63. The molecule has 0 atom stereocenters. The molecule has 1 aromatic heterocycles. The van der Waals surface area contributed by atoms with Crippen molar-refractivity contribution < 1.29 is 9.53 Å². The molecule has 3 aromatic rings. The highest BCUT2D eigenvalue weighted by molar-refractivity contribution is 7.99. The lowest BCUT2D eigenvalue weighted by atomic mass is 10.1. The van der Waals surface area contributed by atoms with Gasteiger partial charge in [0.15, 0.2) is 16.8 Å². The van der Waals surface area contributed by atoms with Gasteiger partial charge in [-0.25, -0.2) is 0 Å². The largest absolute Gasteiger partial charge is 0.485 e. The van der Waals surface area contributed by atoms with E-state index < -0.39 is 0 Å². The maximum Gasteiger partial charge on any atom is 0.192 e. The summed E-state index contributed by atoms with van der Waals surface area (Å²) in [6.45, 7) is 8.76. The van der Waals surface area contributed by atoms with Crippen LogP contribution in [0.15, 0.2) is 66.3 Å². The van der Waals surface area contributed by atoms with E-state index in [9.17, 15) is 4.79 Å². The molecule has 0 aliphatic carbocycles. The van der Waals surface area contributed by atoms with Gasteiger partial charge in [-0.15, -0.1) is 16.8 Å². The number of hydrogen-bond donors (Lipinski definition) is 0. The Bertz CT molecular complexity index is 967. The minimum absolute atomic E-state index is 0.0620. The zero-order valence-corrected chi connectivity index (χ0v) is 16.9. The maximum absolute atomic E-state index is 12.4. The lowest BCUT2D eigenvalue weighted by molar-refractivity contribution is 0.102. The normalized spacial score (nSPS) is 10.6. The number of ether oxygens (including phenoxy) is 1. The second-order valence-corrected chi connectivity index (χ2v) is 7.31. The molecule has 0 spiro atoms. The van der Waals surface area contributed by atoms with E-state index >= 15 is 0 Å². The Morgan fingerprint density at radius 2 is 1.93 bits per heavy atom. The fourth-order valence-electron chi connectivity index (χ4n) is 2.71. The lowest BCUT2D eigenvalue weighted by Gasteiger charge is -2.11. The van der Waals surface area contributed by atoms with Crippen LogP contribution < -0.4 is 4.74 Å². The molecule has 0 saturated heterocycles. The van der Waals surface area contributed by atoms with E-state index in [0.29, 0.717) is 35.4 Å². The first kappa shape index (κ1) is 19.9. The highest BCUT2D eigenvalue weighted by Gasteiger charge is 2.15. The lowest BCUT2D eigenvalue weighted by Crippen LogP contribution is -2.09. The van der Waals surface area contributed by atoms with Crippen LogP contribution in [0.1, 0.15) is 27.3 Å². The van der Waals surface area contributed by atoms with Crippen molar-refractivity contribution in [3.05, 3.63) is 83.7 Å². The molecule has 0 amide bonds. The fourth-order valence-corrected chi connectivity index (χ4v) is 3.57. The van der Waals surface area contributed by atoms with Gasteiger partial charge in [0.05, 0.1) is 5.75 Å². The third-order valence-electron chi connectivity index (χ3n) is 4.44. The predicted molar refractivity (Wildman–Crippen MR) is 112 cm³/mol. The van der Waals surface area contributed by atoms with Gasteiger partial charge in [-0.1, -0.05) is 60.3 Å². The van der Waals surface area contributed by atoms with Gasteiger partial charge in [0.1, 0.15) is 12.4 Å². The summed E-state index contributed by atoms with van der Waals surface area (Å²) in [5, 5.41) is 9.19. The fraction of sp³-hybridized carbons (Fsp3) is 0.227. The molecule has 144 valence electrons. The highest BCUT2D eigenvalue weighted by Crippen LogP contribution is 2.23. The summed E-state index contributed by atoms with van der Waals surface area (Å²) in [6.07, 6.45) is 1.79. The molecule has 0 radical (unpaired) electrons. The van der Waals surface area contributed by atoms with Crippen LogP contribution in [0.25, 0.3) is 0 Å². The Labute approximate surface area is 169 Å². The topological polar surface area (TPSA) is 57.0 Å². The van der Waals surface area contributed by atoms with Crippen LogP contribution in [0.5, 0.6) is 5.75 Å². The monoisotopic (exact) mass is 393 g/mol. The zero-order chi connectivity index (χ0) is 19.9. The molecule has 2 aromatic carbocycles. The van der Waals surface area contributed by atoms with E-state index in [1.54, 1.807) is 6.08 Å². The average Bonchev–Trinajstić information content (AvgIpc) is 3.10. The van der Waals surface area contributed by atoms with E-state index in [2.05, 4.69) is 29.8 Å². The number of thioether (sulfide) groups is 1. The molecular formula is C22H23N3O2S. The summed E-state index contributed by atoms with van der Waals surface area (Å²) in [5.74, 6) is 1.90. The van der Waals surface area contributed by atoms with Crippen molar-refractivity contribution in [3.63, 3.8) is 0 Å². The van der Waals surface area contributed by atoms with Crippen molar-refractivity contribution in [3.8, 4) is 5.75 Å². The van der Waals surface area contributed by atoms with Gasteiger partial charge in [-0.3, -0.25) is 9.36 Å². The van der Waals surface area contributed by atoms with Crippen molar-refractivity contribution in [1.29, 1.82) is 0 Å². The molecular weight excluding hydrogens is 370 g/mol. The van der Waals surface area contributed by atoms with Crippen LogP contribution in [0, 0.1) is 13.8 Å². The van der Waals surface area contributed by atoms with Gasteiger partial charge < -0.3 is 4.74 Å². The number of ketones is 1.